The minimum atomic E-state index is -0.882. The zero-order chi connectivity index (χ0) is 22.8. The predicted octanol–water partition coefficient (Wildman–Crippen LogP) is 4.83. The second kappa shape index (κ2) is 12.0. The molecule has 6 heteroatoms. The maximum absolute atomic E-state index is 12.6. The lowest BCUT2D eigenvalue weighted by atomic mass is 9.90. The van der Waals surface area contributed by atoms with Crippen molar-refractivity contribution in [2.45, 2.75) is 59.8 Å². The molecule has 0 aliphatic heterocycles. The fourth-order valence-electron chi connectivity index (χ4n) is 3.07. The third-order valence-electron chi connectivity index (χ3n) is 5.11. The molecule has 1 rings (SSSR count). The molecule has 0 heterocycles. The van der Waals surface area contributed by atoms with Crippen LogP contribution in [0.1, 0.15) is 59.8 Å². The van der Waals surface area contributed by atoms with E-state index in [4.69, 9.17) is 14.6 Å². The van der Waals surface area contributed by atoms with E-state index < -0.39 is 5.97 Å². The van der Waals surface area contributed by atoms with Crippen molar-refractivity contribution in [1.82, 2.24) is 0 Å². The number of ketones is 2. The summed E-state index contributed by atoms with van der Waals surface area (Å²) in [5.74, 6) is -1.59. The zero-order valence-electron chi connectivity index (χ0n) is 18.8. The first-order chi connectivity index (χ1) is 14.1. The molecule has 164 valence electrons. The van der Waals surface area contributed by atoms with Crippen molar-refractivity contribution in [2.75, 3.05) is 14.2 Å². The van der Waals surface area contributed by atoms with Gasteiger partial charge in [0.1, 0.15) is 0 Å². The van der Waals surface area contributed by atoms with Crippen molar-refractivity contribution in [3.63, 3.8) is 0 Å². The van der Waals surface area contributed by atoms with Gasteiger partial charge in [0.2, 0.25) is 23.1 Å². The molecular formula is C24H32O6. The van der Waals surface area contributed by atoms with Gasteiger partial charge in [-0.3, -0.25) is 9.59 Å². The van der Waals surface area contributed by atoms with E-state index in [0.29, 0.717) is 29.6 Å². The molecule has 0 unspecified atom stereocenters. The van der Waals surface area contributed by atoms with Crippen molar-refractivity contribution in [2.24, 2.45) is 0 Å². The van der Waals surface area contributed by atoms with E-state index in [0.717, 1.165) is 24.8 Å². The summed E-state index contributed by atoms with van der Waals surface area (Å²) in [5, 5.41) is 8.85. The number of aliphatic carboxylic acids is 1. The number of hydrogen-bond donors (Lipinski definition) is 1. The lowest BCUT2D eigenvalue weighted by molar-refractivity contribution is -0.132. The highest BCUT2D eigenvalue weighted by atomic mass is 16.5. The minimum absolute atomic E-state index is 0.0418. The Bertz CT molecular complexity index is 849. The van der Waals surface area contributed by atoms with Crippen LogP contribution in [0.3, 0.4) is 0 Å². The summed E-state index contributed by atoms with van der Waals surface area (Å²) in [6, 6.07) is 0. The molecule has 0 bridgehead atoms. The maximum atomic E-state index is 12.6. The van der Waals surface area contributed by atoms with Crippen LogP contribution in [0.15, 0.2) is 57.6 Å². The fourth-order valence-corrected chi connectivity index (χ4v) is 3.07. The van der Waals surface area contributed by atoms with Gasteiger partial charge in [-0.2, -0.15) is 0 Å². The largest absolute Gasteiger partial charge is 0.489 e. The van der Waals surface area contributed by atoms with Crippen LogP contribution >= 0.6 is 0 Å². The van der Waals surface area contributed by atoms with Crippen LogP contribution in [0.25, 0.3) is 0 Å². The number of carbonyl (C=O) groups excluding carboxylic acids is 2. The number of methoxy groups -OCH3 is 2. The standard InChI is InChI=1S/C24H32O6/c1-15(11-8-12-17(3)24(27)28)9-7-10-16(2)13-14-19-18(4)20(25)22(29-5)23(30-6)21(19)26/h9,12-13H,7-8,10-11,14H2,1-6H3,(H,27,28)/b15-9+,16-13+,17-12+. The van der Waals surface area contributed by atoms with Crippen LogP contribution in [0, 0.1) is 0 Å². The van der Waals surface area contributed by atoms with Crippen molar-refractivity contribution in [3.05, 3.63) is 57.6 Å². The molecule has 0 aromatic carbocycles. The van der Waals surface area contributed by atoms with Crippen molar-refractivity contribution in [1.29, 1.82) is 0 Å². The summed E-state index contributed by atoms with van der Waals surface area (Å²) in [7, 11) is 2.70. The normalized spacial score (nSPS) is 16.4. The lowest BCUT2D eigenvalue weighted by Crippen LogP contribution is -2.24. The number of allylic oxidation sites excluding steroid dienone is 7. The Morgan fingerprint density at radius 3 is 1.90 bits per heavy atom. The molecule has 0 aromatic heterocycles. The summed E-state index contributed by atoms with van der Waals surface area (Å²) in [6.45, 7) is 7.27. The van der Waals surface area contributed by atoms with E-state index in [1.165, 1.54) is 19.8 Å². The Morgan fingerprint density at radius 1 is 0.867 bits per heavy atom. The first-order valence-corrected chi connectivity index (χ1v) is 9.96. The molecule has 1 aliphatic rings. The second-order valence-corrected chi connectivity index (χ2v) is 7.40. The molecule has 0 spiro atoms. The monoisotopic (exact) mass is 416 g/mol. The van der Waals surface area contributed by atoms with Crippen LogP contribution in [-0.2, 0) is 23.9 Å². The number of Topliss-reactive ketones (excluding diaryl/α,β-unsaturated/α-hetero) is 2. The number of carbonyl (C=O) groups is 3. The highest BCUT2D eigenvalue weighted by Gasteiger charge is 2.33. The molecule has 0 radical (unpaired) electrons. The SMILES string of the molecule is COC1=C(OC)C(=O)C(C/C=C(\C)CC/C=C(\C)CC/C=C(\C)C(=O)O)=C(C)C1=O. The first kappa shape index (κ1) is 25.1. The van der Waals surface area contributed by atoms with Gasteiger partial charge in [-0.15, -0.1) is 0 Å². The van der Waals surface area contributed by atoms with E-state index >= 15 is 0 Å². The highest BCUT2D eigenvalue weighted by molar-refractivity contribution is 6.23. The van der Waals surface area contributed by atoms with Gasteiger partial charge >= 0.3 is 5.97 Å². The van der Waals surface area contributed by atoms with E-state index in [1.54, 1.807) is 19.9 Å². The maximum Gasteiger partial charge on any atom is 0.330 e. The Morgan fingerprint density at radius 2 is 1.37 bits per heavy atom. The highest BCUT2D eigenvalue weighted by Crippen LogP contribution is 2.28. The molecule has 1 aliphatic carbocycles. The van der Waals surface area contributed by atoms with Crippen molar-refractivity contribution < 1.29 is 29.0 Å². The second-order valence-electron chi connectivity index (χ2n) is 7.40. The molecule has 0 saturated heterocycles. The number of ether oxygens (including phenoxy) is 2. The molecule has 0 saturated carbocycles. The van der Waals surface area contributed by atoms with E-state index in [1.807, 2.05) is 19.9 Å². The summed E-state index contributed by atoms with van der Waals surface area (Å²) < 4.78 is 10.1. The molecule has 1 N–H and O–H groups in total. The Labute approximate surface area is 178 Å². The first-order valence-electron chi connectivity index (χ1n) is 9.96. The summed E-state index contributed by atoms with van der Waals surface area (Å²) in [4.78, 5) is 35.8. The topological polar surface area (TPSA) is 89.9 Å². The van der Waals surface area contributed by atoms with Crippen LogP contribution in [0.5, 0.6) is 0 Å². The number of carboxylic acids is 1. The van der Waals surface area contributed by atoms with Crippen LogP contribution in [0.2, 0.25) is 0 Å². The van der Waals surface area contributed by atoms with Gasteiger partial charge in [-0.05, 0) is 59.8 Å². The molecule has 0 amide bonds. The van der Waals surface area contributed by atoms with Crippen LogP contribution < -0.4 is 0 Å². The zero-order valence-corrected chi connectivity index (χ0v) is 18.8. The van der Waals surface area contributed by atoms with E-state index in [-0.39, 0.29) is 23.1 Å². The minimum Gasteiger partial charge on any atom is -0.489 e. The van der Waals surface area contributed by atoms with Crippen molar-refractivity contribution >= 4 is 17.5 Å². The summed E-state index contributed by atoms with van der Waals surface area (Å²) in [5.41, 5.74) is 3.53. The Hall–Kier alpha value is -2.89. The van der Waals surface area contributed by atoms with Crippen LogP contribution in [-0.4, -0.2) is 36.9 Å². The molecule has 6 nitrogen and oxygen atoms in total. The van der Waals surface area contributed by atoms with Gasteiger partial charge in [0.15, 0.2) is 0 Å². The third-order valence-corrected chi connectivity index (χ3v) is 5.11. The van der Waals surface area contributed by atoms with Gasteiger partial charge in [0, 0.05) is 16.7 Å². The Balaban J connectivity index is 2.66. The molecule has 30 heavy (non-hydrogen) atoms. The number of rotatable bonds is 11. The molecule has 0 atom stereocenters. The predicted molar refractivity (Wildman–Crippen MR) is 116 cm³/mol. The molecule has 0 aromatic rings. The van der Waals surface area contributed by atoms with Crippen molar-refractivity contribution in [3.8, 4) is 0 Å². The average molecular weight is 417 g/mol. The van der Waals surface area contributed by atoms with Gasteiger partial charge in [-0.1, -0.05) is 29.4 Å². The molecule has 0 fully saturated rings. The molecular weight excluding hydrogens is 384 g/mol. The van der Waals surface area contributed by atoms with E-state index in [9.17, 15) is 14.4 Å². The number of hydrogen-bond acceptors (Lipinski definition) is 5. The smallest absolute Gasteiger partial charge is 0.330 e. The van der Waals surface area contributed by atoms with Gasteiger partial charge in [0.25, 0.3) is 0 Å². The van der Waals surface area contributed by atoms with Gasteiger partial charge in [0.05, 0.1) is 14.2 Å². The van der Waals surface area contributed by atoms with Gasteiger partial charge in [-0.25, -0.2) is 4.79 Å². The fraction of sp³-hybridized carbons (Fsp3) is 0.458. The van der Waals surface area contributed by atoms with Gasteiger partial charge < -0.3 is 14.6 Å². The third kappa shape index (κ3) is 6.87. The lowest BCUT2D eigenvalue weighted by Gasteiger charge is -2.19. The van der Waals surface area contributed by atoms with Crippen LogP contribution in [0.4, 0.5) is 0 Å². The van der Waals surface area contributed by atoms with E-state index in [2.05, 4.69) is 6.08 Å². The quantitative estimate of drug-likeness (QED) is 0.295. The summed E-state index contributed by atoms with van der Waals surface area (Å²) >= 11 is 0. The Kier molecular flexibility index (Phi) is 10.0. The summed E-state index contributed by atoms with van der Waals surface area (Å²) in [6.07, 6.45) is 9.45. The number of carboxylic acid groups (broad SMARTS) is 1. The average Bonchev–Trinajstić information content (AvgIpc) is 2.70.